The maximum Gasteiger partial charge on any atom is 0.155 e. The van der Waals surface area contributed by atoms with E-state index in [4.69, 9.17) is 18.0 Å². The number of Topliss-reactive ketones (excluding diaryl/α,β-unsaturated/α-hetero) is 1. The predicted molar refractivity (Wildman–Crippen MR) is 78.9 cm³/mol. The van der Waals surface area contributed by atoms with Crippen molar-refractivity contribution >= 4 is 34.5 Å². The van der Waals surface area contributed by atoms with Gasteiger partial charge in [0.1, 0.15) is 5.82 Å². The zero-order valence-electron chi connectivity index (χ0n) is 11.4. The first-order valence-electron chi connectivity index (χ1n) is 5.72. The summed E-state index contributed by atoms with van der Waals surface area (Å²) in [4.78, 5) is 18.4. The van der Waals surface area contributed by atoms with E-state index >= 15 is 0 Å². The maximum absolute atomic E-state index is 11.8. The van der Waals surface area contributed by atoms with Gasteiger partial charge in [-0.1, -0.05) is 12.2 Å². The molecule has 0 amide bonds. The van der Waals surface area contributed by atoms with E-state index in [2.05, 4.69) is 4.98 Å². The van der Waals surface area contributed by atoms with Crippen LogP contribution in [0.15, 0.2) is 12.3 Å². The number of ketones is 1. The van der Waals surface area contributed by atoms with Crippen LogP contribution in [0.3, 0.4) is 0 Å². The zero-order chi connectivity index (χ0) is 14.1. The van der Waals surface area contributed by atoms with Crippen molar-refractivity contribution in [2.75, 3.05) is 10.6 Å². The predicted octanol–water partition coefficient (Wildman–Crippen LogP) is 2.49. The molecular weight excluding hydrogens is 246 g/mol. The zero-order valence-corrected chi connectivity index (χ0v) is 12.3. The summed E-state index contributed by atoms with van der Waals surface area (Å²) >= 11 is 5.27. The molecule has 0 aliphatic heterocycles. The Morgan fingerprint density at radius 1 is 1.44 bits per heavy atom. The van der Waals surface area contributed by atoms with Gasteiger partial charge in [0.15, 0.2) is 5.78 Å². The summed E-state index contributed by atoms with van der Waals surface area (Å²) in [5.41, 5.74) is 6.71. The highest BCUT2D eigenvalue weighted by Gasteiger charge is 2.34. The number of anilines is 2. The number of aryl methyl sites for hydroxylation is 1. The lowest BCUT2D eigenvalue weighted by Crippen LogP contribution is -2.51. The fourth-order valence-electron chi connectivity index (χ4n) is 1.83. The van der Waals surface area contributed by atoms with Crippen molar-refractivity contribution in [3.8, 4) is 0 Å². The lowest BCUT2D eigenvalue weighted by Gasteiger charge is -2.38. The van der Waals surface area contributed by atoms with E-state index in [1.54, 1.807) is 26.1 Å². The Bertz CT molecular complexity index is 497. The molecule has 1 aromatic heterocycles. The molecule has 0 aliphatic rings. The smallest absolute Gasteiger partial charge is 0.155 e. The van der Waals surface area contributed by atoms with Crippen LogP contribution in [-0.2, 0) is 4.79 Å². The fourth-order valence-corrected chi connectivity index (χ4v) is 2.15. The molecule has 18 heavy (non-hydrogen) atoms. The van der Waals surface area contributed by atoms with E-state index < -0.39 is 5.54 Å². The van der Waals surface area contributed by atoms with E-state index in [0.29, 0.717) is 10.8 Å². The molecule has 0 bridgehead atoms. The molecule has 0 atom stereocenters. The number of thiocarbonyl (C=S) groups is 1. The van der Waals surface area contributed by atoms with Crippen LogP contribution in [0.5, 0.6) is 0 Å². The van der Waals surface area contributed by atoms with E-state index in [1.807, 2.05) is 25.7 Å². The number of hydrogen-bond donors (Lipinski definition) is 1. The van der Waals surface area contributed by atoms with Gasteiger partial charge >= 0.3 is 0 Å². The third-order valence-electron chi connectivity index (χ3n) is 3.08. The maximum atomic E-state index is 11.8. The van der Waals surface area contributed by atoms with Crippen molar-refractivity contribution in [2.24, 2.45) is 0 Å². The summed E-state index contributed by atoms with van der Waals surface area (Å²) in [6.07, 6.45) is 1.66. The largest absolute Gasteiger partial charge is 0.384 e. The first-order valence-corrected chi connectivity index (χ1v) is 6.12. The molecule has 0 saturated carbocycles. The highest BCUT2D eigenvalue weighted by molar-refractivity contribution is 7.80. The van der Waals surface area contributed by atoms with Gasteiger partial charge in [-0.25, -0.2) is 4.98 Å². The van der Waals surface area contributed by atoms with Crippen molar-refractivity contribution in [1.82, 2.24) is 4.98 Å². The first kappa shape index (κ1) is 14.6. The number of rotatable bonds is 3. The molecule has 5 heteroatoms. The molecule has 1 heterocycles. The number of hydrogen-bond acceptors (Lipinski definition) is 4. The minimum Gasteiger partial charge on any atom is -0.384 e. The van der Waals surface area contributed by atoms with Crippen molar-refractivity contribution in [2.45, 2.75) is 40.2 Å². The normalized spacial score (nSPS) is 11.2. The first-order chi connectivity index (χ1) is 8.17. The molecule has 4 nitrogen and oxygen atoms in total. The SMILES string of the molecule is CC(=O)C(C)(C)N(C(C)=S)c1cnc(N)cc1C. The summed E-state index contributed by atoms with van der Waals surface area (Å²) in [5.74, 6) is 0.502. The van der Waals surface area contributed by atoms with Crippen molar-refractivity contribution < 1.29 is 4.79 Å². The van der Waals surface area contributed by atoms with Crippen molar-refractivity contribution in [3.05, 3.63) is 17.8 Å². The van der Waals surface area contributed by atoms with E-state index in [9.17, 15) is 4.79 Å². The van der Waals surface area contributed by atoms with Gasteiger partial charge in [-0.05, 0) is 46.2 Å². The molecule has 2 N–H and O–H groups in total. The number of nitrogen functional groups attached to an aromatic ring is 1. The van der Waals surface area contributed by atoms with Crippen LogP contribution in [-0.4, -0.2) is 21.3 Å². The molecule has 0 unspecified atom stereocenters. The number of aromatic nitrogens is 1. The number of nitrogens with two attached hydrogens (primary N) is 1. The van der Waals surface area contributed by atoms with E-state index in [1.165, 1.54) is 0 Å². The van der Waals surface area contributed by atoms with E-state index in [0.717, 1.165) is 11.3 Å². The molecule has 0 radical (unpaired) electrons. The number of nitrogens with zero attached hydrogens (tertiary/aromatic N) is 2. The molecule has 0 fully saturated rings. The summed E-state index contributed by atoms with van der Waals surface area (Å²) in [6, 6.07) is 1.77. The quantitative estimate of drug-likeness (QED) is 0.851. The lowest BCUT2D eigenvalue weighted by atomic mass is 9.96. The van der Waals surface area contributed by atoms with Crippen molar-refractivity contribution in [1.29, 1.82) is 0 Å². The monoisotopic (exact) mass is 265 g/mol. The van der Waals surface area contributed by atoms with Gasteiger partial charge in [0.25, 0.3) is 0 Å². The fraction of sp³-hybridized carbons (Fsp3) is 0.462. The molecule has 0 saturated heterocycles. The van der Waals surface area contributed by atoms with Crippen LogP contribution in [0.4, 0.5) is 11.5 Å². The minimum absolute atomic E-state index is 0.0444. The summed E-state index contributed by atoms with van der Waals surface area (Å²) in [5, 5.41) is 0. The van der Waals surface area contributed by atoms with Gasteiger partial charge < -0.3 is 10.6 Å². The van der Waals surface area contributed by atoms with Gasteiger partial charge in [-0.3, -0.25) is 4.79 Å². The van der Waals surface area contributed by atoms with Crippen LogP contribution >= 0.6 is 12.2 Å². The molecule has 1 rings (SSSR count). The van der Waals surface area contributed by atoms with Gasteiger partial charge in [-0.2, -0.15) is 0 Å². The molecule has 98 valence electrons. The molecule has 0 aromatic carbocycles. The summed E-state index contributed by atoms with van der Waals surface area (Å²) in [6.45, 7) is 8.98. The third kappa shape index (κ3) is 2.67. The second kappa shape index (κ2) is 5.02. The highest BCUT2D eigenvalue weighted by atomic mass is 32.1. The molecule has 0 aliphatic carbocycles. The second-order valence-electron chi connectivity index (χ2n) is 4.87. The average Bonchev–Trinajstić information content (AvgIpc) is 2.20. The van der Waals surface area contributed by atoms with Crippen LogP contribution in [0.1, 0.15) is 33.3 Å². The summed E-state index contributed by atoms with van der Waals surface area (Å²) < 4.78 is 0. The molecular formula is C13H19N3OS. The van der Waals surface area contributed by atoms with Gasteiger partial charge in [0.2, 0.25) is 0 Å². The highest BCUT2D eigenvalue weighted by Crippen LogP contribution is 2.28. The Morgan fingerprint density at radius 3 is 2.39 bits per heavy atom. The van der Waals surface area contributed by atoms with Gasteiger partial charge in [0.05, 0.1) is 22.4 Å². The topological polar surface area (TPSA) is 59.2 Å². The van der Waals surface area contributed by atoms with Gasteiger partial charge in [-0.15, -0.1) is 0 Å². The Kier molecular flexibility index (Phi) is 4.06. The van der Waals surface area contributed by atoms with Crippen LogP contribution in [0.25, 0.3) is 0 Å². The Balaban J connectivity index is 3.38. The summed E-state index contributed by atoms with van der Waals surface area (Å²) in [7, 11) is 0. The Hall–Kier alpha value is -1.49. The van der Waals surface area contributed by atoms with Gasteiger partial charge in [0, 0.05) is 0 Å². The third-order valence-corrected chi connectivity index (χ3v) is 3.26. The number of carbonyl (C=O) groups is 1. The van der Waals surface area contributed by atoms with Crippen molar-refractivity contribution in [3.63, 3.8) is 0 Å². The second-order valence-corrected chi connectivity index (χ2v) is 5.46. The molecule has 1 aromatic rings. The van der Waals surface area contributed by atoms with Crippen LogP contribution in [0, 0.1) is 6.92 Å². The van der Waals surface area contributed by atoms with Crippen LogP contribution in [0.2, 0.25) is 0 Å². The Labute approximate surface area is 113 Å². The Morgan fingerprint density at radius 2 is 2.00 bits per heavy atom. The standard InChI is InChI=1S/C13H19N3OS/c1-8-6-12(14)15-7-11(8)16(10(3)18)13(4,5)9(2)17/h6-7H,1-5H3,(H2,14,15). The lowest BCUT2D eigenvalue weighted by molar-refractivity contribution is -0.120. The number of pyridine rings is 1. The van der Waals surface area contributed by atoms with Crippen LogP contribution < -0.4 is 10.6 Å². The van der Waals surface area contributed by atoms with E-state index in [-0.39, 0.29) is 5.78 Å². The minimum atomic E-state index is -0.700. The average molecular weight is 265 g/mol. The number of carbonyl (C=O) groups excluding carboxylic acids is 1. The molecule has 0 spiro atoms.